The van der Waals surface area contributed by atoms with Crippen molar-refractivity contribution in [3.8, 4) is 0 Å². The number of hydrogen-bond donors (Lipinski definition) is 1. The van der Waals surface area contributed by atoms with Crippen LogP contribution in [-0.4, -0.2) is 41.5 Å². The quantitative estimate of drug-likeness (QED) is 0.868. The highest BCUT2D eigenvalue weighted by Crippen LogP contribution is 2.38. The number of halogens is 1. The molecular weight excluding hydrogens is 306 g/mol. The topological polar surface area (TPSA) is 40.5 Å². The lowest BCUT2D eigenvalue weighted by atomic mass is 10.00. The summed E-state index contributed by atoms with van der Waals surface area (Å²) in [6, 6.07) is 7.56. The Balaban J connectivity index is 1.64. The van der Waals surface area contributed by atoms with Gasteiger partial charge in [0.05, 0.1) is 12.6 Å². The van der Waals surface area contributed by atoms with Crippen LogP contribution in [0.1, 0.15) is 23.2 Å². The molecule has 2 fully saturated rings. The first-order chi connectivity index (χ1) is 9.15. The minimum Gasteiger partial charge on any atom is -0.393 e. The van der Waals surface area contributed by atoms with Crippen LogP contribution in [0.5, 0.6) is 0 Å². The maximum absolute atomic E-state index is 12.3. The largest absolute Gasteiger partial charge is 0.393 e. The fourth-order valence-electron chi connectivity index (χ4n) is 3.43. The zero-order chi connectivity index (χ0) is 13.4. The fraction of sp³-hybridized carbons (Fsp3) is 0.533. The van der Waals surface area contributed by atoms with Gasteiger partial charge in [0.25, 0.3) is 0 Å². The predicted molar refractivity (Wildman–Crippen MR) is 77.1 cm³/mol. The van der Waals surface area contributed by atoms with E-state index in [1.807, 2.05) is 24.3 Å². The van der Waals surface area contributed by atoms with Crippen molar-refractivity contribution in [1.82, 2.24) is 4.90 Å². The van der Waals surface area contributed by atoms with Gasteiger partial charge in [-0.25, -0.2) is 0 Å². The molecule has 1 aromatic rings. The molecule has 4 heteroatoms. The Morgan fingerprint density at radius 1 is 1.32 bits per heavy atom. The summed E-state index contributed by atoms with van der Waals surface area (Å²) in [6.07, 6.45) is 1.88. The maximum Gasteiger partial charge on any atom is 0.177 e. The summed E-state index contributed by atoms with van der Waals surface area (Å²) in [5, 5.41) is 9.89. The molecule has 0 amide bonds. The van der Waals surface area contributed by atoms with Crippen LogP contribution in [-0.2, 0) is 0 Å². The summed E-state index contributed by atoms with van der Waals surface area (Å²) in [5.74, 6) is 1.12. The molecule has 1 heterocycles. The molecule has 1 aliphatic heterocycles. The number of Topliss-reactive ketones (excluding diaryl/α,β-unsaturated/α-hetero) is 1. The van der Waals surface area contributed by atoms with Crippen molar-refractivity contribution in [2.45, 2.75) is 18.9 Å². The number of likely N-dealkylation sites (tertiary alicyclic amines) is 1. The van der Waals surface area contributed by atoms with Gasteiger partial charge < -0.3 is 5.11 Å². The number of carbonyl (C=O) groups is 1. The van der Waals surface area contributed by atoms with Crippen LogP contribution < -0.4 is 0 Å². The van der Waals surface area contributed by atoms with Crippen LogP contribution in [0.4, 0.5) is 0 Å². The number of nitrogens with zero attached hydrogens (tertiary/aromatic N) is 1. The smallest absolute Gasteiger partial charge is 0.177 e. The second-order valence-corrected chi connectivity index (χ2v) is 6.52. The van der Waals surface area contributed by atoms with Crippen LogP contribution in [0.2, 0.25) is 0 Å². The second kappa shape index (κ2) is 5.35. The van der Waals surface area contributed by atoms with Crippen molar-refractivity contribution in [1.29, 1.82) is 0 Å². The van der Waals surface area contributed by atoms with Gasteiger partial charge in [-0.3, -0.25) is 9.69 Å². The third-order valence-electron chi connectivity index (χ3n) is 4.44. The summed E-state index contributed by atoms with van der Waals surface area (Å²) in [7, 11) is 0. The van der Waals surface area contributed by atoms with E-state index in [1.165, 1.54) is 0 Å². The SMILES string of the molecule is O=C(CN1CC2CCC(O)C2C1)c1ccccc1Br. The van der Waals surface area contributed by atoms with Crippen molar-refractivity contribution in [3.05, 3.63) is 34.3 Å². The first-order valence-corrected chi connectivity index (χ1v) is 7.62. The van der Waals surface area contributed by atoms with E-state index in [9.17, 15) is 9.90 Å². The molecule has 1 saturated heterocycles. The van der Waals surface area contributed by atoms with Crippen LogP contribution in [0.25, 0.3) is 0 Å². The average Bonchev–Trinajstić information content (AvgIpc) is 2.92. The number of benzene rings is 1. The van der Waals surface area contributed by atoms with Gasteiger partial charge in [-0.2, -0.15) is 0 Å². The predicted octanol–water partition coefficient (Wildman–Crippen LogP) is 2.33. The molecule has 0 radical (unpaired) electrons. The number of aliphatic hydroxyl groups excluding tert-OH is 1. The highest BCUT2D eigenvalue weighted by molar-refractivity contribution is 9.10. The van der Waals surface area contributed by atoms with E-state index in [0.29, 0.717) is 18.4 Å². The van der Waals surface area contributed by atoms with E-state index >= 15 is 0 Å². The summed E-state index contributed by atoms with van der Waals surface area (Å²) < 4.78 is 0.861. The standard InChI is InChI=1S/C15H18BrNO2/c16-13-4-2-1-3-11(13)15(19)9-17-7-10-5-6-14(18)12(10)8-17/h1-4,10,12,14,18H,5-9H2. The summed E-state index contributed by atoms with van der Waals surface area (Å²) in [5.41, 5.74) is 0.750. The van der Waals surface area contributed by atoms with E-state index in [0.717, 1.165) is 36.0 Å². The molecule has 102 valence electrons. The van der Waals surface area contributed by atoms with Crippen LogP contribution in [0.3, 0.4) is 0 Å². The van der Waals surface area contributed by atoms with Crippen LogP contribution >= 0.6 is 15.9 Å². The molecule has 0 bridgehead atoms. The number of aliphatic hydroxyl groups is 1. The van der Waals surface area contributed by atoms with Crippen molar-refractivity contribution in [3.63, 3.8) is 0 Å². The van der Waals surface area contributed by atoms with Crippen LogP contribution in [0, 0.1) is 11.8 Å². The summed E-state index contributed by atoms with van der Waals surface area (Å²) in [6.45, 7) is 2.28. The van der Waals surface area contributed by atoms with Crippen molar-refractivity contribution < 1.29 is 9.90 Å². The Morgan fingerprint density at radius 3 is 2.84 bits per heavy atom. The molecule has 1 N–H and O–H groups in total. The van der Waals surface area contributed by atoms with E-state index < -0.39 is 0 Å². The molecule has 19 heavy (non-hydrogen) atoms. The highest BCUT2D eigenvalue weighted by Gasteiger charge is 2.42. The number of rotatable bonds is 3. The number of carbonyl (C=O) groups excluding carboxylic acids is 1. The zero-order valence-corrected chi connectivity index (χ0v) is 12.3. The normalized spacial score (nSPS) is 30.5. The molecule has 3 atom stereocenters. The first kappa shape index (κ1) is 13.3. The van der Waals surface area contributed by atoms with Gasteiger partial charge in [0.1, 0.15) is 0 Å². The summed E-state index contributed by atoms with van der Waals surface area (Å²) in [4.78, 5) is 14.5. The van der Waals surface area contributed by atoms with Gasteiger partial charge in [-0.15, -0.1) is 0 Å². The maximum atomic E-state index is 12.3. The van der Waals surface area contributed by atoms with E-state index in [-0.39, 0.29) is 11.9 Å². The number of fused-ring (bicyclic) bond motifs is 1. The third kappa shape index (κ3) is 2.62. The van der Waals surface area contributed by atoms with Gasteiger partial charge in [-0.05, 0) is 24.8 Å². The lowest BCUT2D eigenvalue weighted by Gasteiger charge is -2.17. The molecule has 3 nitrogen and oxygen atoms in total. The Labute approximate surface area is 121 Å². The zero-order valence-electron chi connectivity index (χ0n) is 10.8. The molecule has 2 aliphatic rings. The van der Waals surface area contributed by atoms with Gasteiger partial charge in [0, 0.05) is 29.0 Å². The lowest BCUT2D eigenvalue weighted by molar-refractivity contribution is 0.0919. The molecule has 3 unspecified atom stereocenters. The molecule has 1 saturated carbocycles. The van der Waals surface area contributed by atoms with Gasteiger partial charge in [0.15, 0.2) is 5.78 Å². The summed E-state index contributed by atoms with van der Waals surface area (Å²) >= 11 is 3.43. The monoisotopic (exact) mass is 323 g/mol. The molecule has 1 aliphatic carbocycles. The Hall–Kier alpha value is -0.710. The molecule has 3 rings (SSSR count). The Bertz CT molecular complexity index is 491. The van der Waals surface area contributed by atoms with Crippen molar-refractivity contribution >= 4 is 21.7 Å². The van der Waals surface area contributed by atoms with Crippen molar-refractivity contribution in [2.75, 3.05) is 19.6 Å². The number of ketones is 1. The first-order valence-electron chi connectivity index (χ1n) is 6.83. The van der Waals surface area contributed by atoms with E-state index in [1.54, 1.807) is 0 Å². The highest BCUT2D eigenvalue weighted by atomic mass is 79.9. The van der Waals surface area contributed by atoms with Gasteiger partial charge >= 0.3 is 0 Å². The number of hydrogen-bond acceptors (Lipinski definition) is 3. The van der Waals surface area contributed by atoms with Gasteiger partial charge in [-0.1, -0.05) is 34.1 Å². The minimum absolute atomic E-state index is 0.155. The fourth-order valence-corrected chi connectivity index (χ4v) is 3.94. The minimum atomic E-state index is -0.159. The van der Waals surface area contributed by atoms with E-state index in [4.69, 9.17) is 0 Å². The molecule has 0 spiro atoms. The molecule has 1 aromatic carbocycles. The van der Waals surface area contributed by atoms with Gasteiger partial charge in [0.2, 0.25) is 0 Å². The van der Waals surface area contributed by atoms with Crippen LogP contribution in [0.15, 0.2) is 28.7 Å². The van der Waals surface area contributed by atoms with E-state index in [2.05, 4.69) is 20.8 Å². The average molecular weight is 324 g/mol. The molecular formula is C15H18BrNO2. The molecule has 0 aromatic heterocycles. The Morgan fingerprint density at radius 2 is 2.11 bits per heavy atom. The van der Waals surface area contributed by atoms with Crippen molar-refractivity contribution in [2.24, 2.45) is 11.8 Å². The Kier molecular flexibility index (Phi) is 3.74. The second-order valence-electron chi connectivity index (χ2n) is 5.67. The lowest BCUT2D eigenvalue weighted by Crippen LogP contribution is -2.30. The third-order valence-corrected chi connectivity index (χ3v) is 5.13.